The number of alkyl halides is 3. The number of urea groups is 1. The highest BCUT2D eigenvalue weighted by atomic mass is 19.4. The molecule has 21 heavy (non-hydrogen) atoms. The highest BCUT2D eigenvalue weighted by molar-refractivity contribution is 6.01. The van der Waals surface area contributed by atoms with Gasteiger partial charge in [0.05, 0.1) is 0 Å². The van der Waals surface area contributed by atoms with Gasteiger partial charge in [-0.2, -0.15) is 13.2 Å². The summed E-state index contributed by atoms with van der Waals surface area (Å²) in [4.78, 5) is 36.3. The Labute approximate surface area is 116 Å². The number of carboxylic acids is 1. The lowest BCUT2D eigenvalue weighted by molar-refractivity contribution is -0.192. The van der Waals surface area contributed by atoms with Gasteiger partial charge < -0.3 is 10.0 Å². The number of aromatic nitrogens is 1. The zero-order valence-corrected chi connectivity index (χ0v) is 10.4. The van der Waals surface area contributed by atoms with Crippen LogP contribution in [0.25, 0.3) is 0 Å². The average molecular weight is 305 g/mol. The Kier molecular flexibility index (Phi) is 5.22. The quantitative estimate of drug-likeness (QED) is 0.786. The summed E-state index contributed by atoms with van der Waals surface area (Å²) in [5.41, 5.74) is 0.963. The second-order valence-corrected chi connectivity index (χ2v) is 3.87. The summed E-state index contributed by atoms with van der Waals surface area (Å²) < 4.78 is 31.7. The van der Waals surface area contributed by atoms with Crippen molar-refractivity contribution >= 4 is 17.9 Å². The van der Waals surface area contributed by atoms with Gasteiger partial charge in [0, 0.05) is 18.9 Å². The van der Waals surface area contributed by atoms with Gasteiger partial charge in [0.15, 0.2) is 0 Å². The molecule has 0 saturated carbocycles. The number of carbonyl (C=O) groups excluding carboxylic acids is 2. The Morgan fingerprint density at radius 1 is 1.33 bits per heavy atom. The highest BCUT2D eigenvalue weighted by Gasteiger charge is 2.38. The first kappa shape index (κ1) is 16.4. The Balaban J connectivity index is 0.000000270. The molecule has 1 aromatic rings. The Hall–Kier alpha value is -2.65. The summed E-state index contributed by atoms with van der Waals surface area (Å²) in [6.07, 6.45) is -1.77. The van der Waals surface area contributed by atoms with Crippen LogP contribution >= 0.6 is 0 Å². The zero-order chi connectivity index (χ0) is 16.0. The smallest absolute Gasteiger partial charge is 0.475 e. The lowest BCUT2D eigenvalue weighted by Crippen LogP contribution is -2.27. The van der Waals surface area contributed by atoms with Crippen LogP contribution in [0, 0.1) is 0 Å². The van der Waals surface area contributed by atoms with E-state index in [9.17, 15) is 22.8 Å². The lowest BCUT2D eigenvalue weighted by atomic mass is 10.2. The zero-order valence-electron chi connectivity index (χ0n) is 10.4. The third-order valence-electron chi connectivity index (χ3n) is 2.23. The Morgan fingerprint density at radius 2 is 1.86 bits per heavy atom. The number of carboxylic acid groups (broad SMARTS) is 1. The molecule has 0 aliphatic carbocycles. The van der Waals surface area contributed by atoms with Crippen LogP contribution in [-0.2, 0) is 16.1 Å². The predicted molar refractivity (Wildman–Crippen MR) is 61.9 cm³/mol. The highest BCUT2D eigenvalue weighted by Crippen LogP contribution is 2.13. The molecule has 2 N–H and O–H groups in total. The van der Waals surface area contributed by atoms with Gasteiger partial charge in [0.1, 0.15) is 6.54 Å². The largest absolute Gasteiger partial charge is 0.490 e. The third-order valence-corrected chi connectivity index (χ3v) is 2.23. The summed E-state index contributed by atoms with van der Waals surface area (Å²) >= 11 is 0. The van der Waals surface area contributed by atoms with Gasteiger partial charge in [-0.05, 0) is 17.7 Å². The molecule has 114 valence electrons. The molecule has 0 atom stereocenters. The van der Waals surface area contributed by atoms with E-state index in [1.807, 2.05) is 12.1 Å². The van der Waals surface area contributed by atoms with Gasteiger partial charge in [-0.3, -0.25) is 15.1 Å². The Morgan fingerprint density at radius 3 is 2.24 bits per heavy atom. The maximum atomic E-state index is 11.2. The van der Waals surface area contributed by atoms with Gasteiger partial charge in [-0.15, -0.1) is 0 Å². The first-order valence-corrected chi connectivity index (χ1v) is 5.48. The SMILES string of the molecule is O=C(O)C(F)(F)F.O=C1CN(Cc2ccncc2)C(=O)N1. The number of rotatable bonds is 2. The lowest BCUT2D eigenvalue weighted by Gasteiger charge is -2.12. The minimum Gasteiger partial charge on any atom is -0.475 e. The van der Waals surface area contributed by atoms with Crippen molar-refractivity contribution in [3.8, 4) is 0 Å². The van der Waals surface area contributed by atoms with E-state index in [4.69, 9.17) is 9.90 Å². The second-order valence-electron chi connectivity index (χ2n) is 3.87. The molecular weight excluding hydrogens is 295 g/mol. The molecule has 7 nitrogen and oxygen atoms in total. The van der Waals surface area contributed by atoms with Gasteiger partial charge >= 0.3 is 18.2 Å². The van der Waals surface area contributed by atoms with Crippen molar-refractivity contribution in [1.29, 1.82) is 0 Å². The first-order chi connectivity index (χ1) is 9.70. The maximum absolute atomic E-state index is 11.2. The van der Waals surface area contributed by atoms with E-state index in [2.05, 4.69) is 10.3 Å². The molecule has 0 radical (unpaired) electrons. The van der Waals surface area contributed by atoms with E-state index in [1.54, 1.807) is 12.4 Å². The van der Waals surface area contributed by atoms with E-state index in [0.29, 0.717) is 6.54 Å². The van der Waals surface area contributed by atoms with E-state index < -0.39 is 12.1 Å². The molecule has 1 aliphatic heterocycles. The summed E-state index contributed by atoms with van der Waals surface area (Å²) in [5, 5.41) is 9.34. The van der Waals surface area contributed by atoms with Crippen LogP contribution < -0.4 is 5.32 Å². The van der Waals surface area contributed by atoms with Crippen molar-refractivity contribution in [3.05, 3.63) is 30.1 Å². The van der Waals surface area contributed by atoms with Crippen LogP contribution in [-0.4, -0.2) is 45.6 Å². The van der Waals surface area contributed by atoms with Crippen LogP contribution in [0.1, 0.15) is 5.56 Å². The van der Waals surface area contributed by atoms with Crippen LogP contribution in [0.4, 0.5) is 18.0 Å². The molecule has 1 fully saturated rings. The first-order valence-electron chi connectivity index (χ1n) is 5.48. The van der Waals surface area contributed by atoms with Crippen molar-refractivity contribution in [3.63, 3.8) is 0 Å². The average Bonchev–Trinajstić information content (AvgIpc) is 2.68. The van der Waals surface area contributed by atoms with Crippen molar-refractivity contribution < 1.29 is 32.7 Å². The van der Waals surface area contributed by atoms with Crippen molar-refractivity contribution in [2.24, 2.45) is 0 Å². The van der Waals surface area contributed by atoms with E-state index in [-0.39, 0.29) is 18.5 Å². The maximum Gasteiger partial charge on any atom is 0.490 e. The molecule has 0 unspecified atom stereocenters. The summed E-state index contributed by atoms with van der Waals surface area (Å²) in [6.45, 7) is 0.585. The number of pyridine rings is 1. The number of nitrogens with zero attached hydrogens (tertiary/aromatic N) is 2. The molecule has 10 heteroatoms. The molecule has 1 aromatic heterocycles. The molecular formula is C11H10F3N3O4. The van der Waals surface area contributed by atoms with Crippen LogP contribution in [0.15, 0.2) is 24.5 Å². The number of halogens is 3. The number of imide groups is 1. The minimum absolute atomic E-state index is 0.140. The van der Waals surface area contributed by atoms with Gasteiger partial charge in [0.2, 0.25) is 5.91 Å². The molecule has 0 spiro atoms. The fourth-order valence-corrected chi connectivity index (χ4v) is 1.32. The van der Waals surface area contributed by atoms with Gasteiger partial charge in [0.25, 0.3) is 0 Å². The minimum atomic E-state index is -5.08. The second kappa shape index (κ2) is 6.68. The van der Waals surface area contributed by atoms with Gasteiger partial charge in [-0.1, -0.05) is 0 Å². The van der Waals surface area contributed by atoms with E-state index >= 15 is 0 Å². The van der Waals surface area contributed by atoms with Crippen molar-refractivity contribution in [1.82, 2.24) is 15.2 Å². The molecule has 2 rings (SSSR count). The Bertz CT molecular complexity index is 533. The van der Waals surface area contributed by atoms with Crippen LogP contribution in [0.5, 0.6) is 0 Å². The number of nitrogens with one attached hydrogen (secondary N) is 1. The summed E-state index contributed by atoms with van der Waals surface area (Å²) in [6, 6.07) is 3.30. The third kappa shape index (κ3) is 5.47. The predicted octanol–water partition coefficient (Wildman–Crippen LogP) is 0.767. The van der Waals surface area contributed by atoms with Crippen LogP contribution in [0.2, 0.25) is 0 Å². The topological polar surface area (TPSA) is 99.6 Å². The normalized spacial score (nSPS) is 14.3. The van der Waals surface area contributed by atoms with E-state index in [1.165, 1.54) is 4.90 Å². The van der Waals surface area contributed by atoms with Gasteiger partial charge in [-0.25, -0.2) is 9.59 Å². The standard InChI is InChI=1S/C9H9N3O2.C2HF3O2/c13-8-6-12(9(14)11-8)5-7-1-3-10-4-2-7;3-2(4,5)1(6)7/h1-4H,5-6H2,(H,11,13,14);(H,6,7). The number of hydrogen-bond acceptors (Lipinski definition) is 4. The molecule has 1 aliphatic rings. The number of carbonyl (C=O) groups is 3. The number of hydrogen-bond donors (Lipinski definition) is 2. The van der Waals surface area contributed by atoms with E-state index in [0.717, 1.165) is 5.56 Å². The number of aliphatic carboxylic acids is 1. The summed E-state index contributed by atoms with van der Waals surface area (Å²) in [5.74, 6) is -3.00. The molecule has 0 aromatic carbocycles. The summed E-state index contributed by atoms with van der Waals surface area (Å²) in [7, 11) is 0. The molecule has 2 heterocycles. The molecule has 0 bridgehead atoms. The molecule has 3 amide bonds. The monoisotopic (exact) mass is 305 g/mol. The number of amides is 3. The van der Waals surface area contributed by atoms with Crippen molar-refractivity contribution in [2.75, 3.05) is 6.54 Å². The fourth-order valence-electron chi connectivity index (χ4n) is 1.32. The van der Waals surface area contributed by atoms with Crippen LogP contribution in [0.3, 0.4) is 0 Å². The fraction of sp³-hybridized carbons (Fsp3) is 0.273. The molecule has 1 saturated heterocycles. The van der Waals surface area contributed by atoms with Crippen molar-refractivity contribution in [2.45, 2.75) is 12.7 Å².